The van der Waals surface area contributed by atoms with E-state index in [1.165, 1.54) is 0 Å². The molecule has 0 aliphatic rings. The highest BCUT2D eigenvalue weighted by atomic mass is 35.5. The Morgan fingerprint density at radius 2 is 1.82 bits per heavy atom. The molecule has 118 valence electrons. The van der Waals surface area contributed by atoms with Gasteiger partial charge in [-0.3, -0.25) is 0 Å². The number of halogens is 2. The number of para-hydroxylation sites is 1. The normalized spacial score (nSPS) is 10.8. The monoisotopic (exact) mass is 338 g/mol. The molecule has 1 aromatic heterocycles. The minimum atomic E-state index is 0.554. The number of aryl methyl sites for hydroxylation is 1. The summed E-state index contributed by atoms with van der Waals surface area (Å²) in [6.45, 7) is 7.14. The molecular formula is C16H20Cl2N4. The number of rotatable bonds is 6. The van der Waals surface area contributed by atoms with Crippen molar-refractivity contribution >= 4 is 40.7 Å². The van der Waals surface area contributed by atoms with E-state index in [1.54, 1.807) is 18.2 Å². The number of aromatic nitrogens is 2. The van der Waals surface area contributed by atoms with Gasteiger partial charge in [-0.05, 0) is 31.4 Å². The lowest BCUT2D eigenvalue weighted by Crippen LogP contribution is -2.09. The molecule has 0 fully saturated rings. The van der Waals surface area contributed by atoms with E-state index in [9.17, 15) is 0 Å². The second kappa shape index (κ2) is 7.65. The van der Waals surface area contributed by atoms with Crippen LogP contribution in [0.25, 0.3) is 0 Å². The molecule has 0 radical (unpaired) electrons. The van der Waals surface area contributed by atoms with E-state index < -0.39 is 0 Å². The van der Waals surface area contributed by atoms with Gasteiger partial charge in [0.2, 0.25) is 5.95 Å². The summed E-state index contributed by atoms with van der Waals surface area (Å²) in [5, 5.41) is 7.52. The third kappa shape index (κ3) is 4.75. The van der Waals surface area contributed by atoms with Crippen LogP contribution in [-0.2, 0) is 0 Å². The lowest BCUT2D eigenvalue weighted by atomic mass is 10.1. The average Bonchev–Trinajstić information content (AvgIpc) is 2.42. The molecule has 1 heterocycles. The zero-order chi connectivity index (χ0) is 16.1. The Hall–Kier alpha value is -1.52. The van der Waals surface area contributed by atoms with Gasteiger partial charge in [0.25, 0.3) is 0 Å². The van der Waals surface area contributed by atoms with Gasteiger partial charge in [-0.25, -0.2) is 4.98 Å². The Kier molecular flexibility index (Phi) is 5.86. The third-order valence-electron chi connectivity index (χ3n) is 3.07. The Morgan fingerprint density at radius 3 is 2.45 bits per heavy atom. The number of nitrogens with one attached hydrogen (secondary N) is 2. The minimum Gasteiger partial charge on any atom is -0.354 e. The predicted octanol–water partition coefficient (Wildman–Crippen LogP) is 5.29. The minimum absolute atomic E-state index is 0.554. The molecule has 0 aliphatic carbocycles. The van der Waals surface area contributed by atoms with Crippen molar-refractivity contribution in [3.8, 4) is 0 Å². The van der Waals surface area contributed by atoms with Gasteiger partial charge in [-0.15, -0.1) is 0 Å². The van der Waals surface area contributed by atoms with Gasteiger partial charge in [0, 0.05) is 18.3 Å². The van der Waals surface area contributed by atoms with Crippen molar-refractivity contribution in [3.05, 3.63) is 40.0 Å². The molecule has 0 spiro atoms. The standard InChI is InChI=1S/C16H20Cl2N4/c1-10(2)7-8-19-16-20-11(3)9-14(22-16)21-15-12(17)5-4-6-13(15)18/h4-6,9-10H,7-8H2,1-3H3,(H2,19,20,21,22). The largest absolute Gasteiger partial charge is 0.354 e. The lowest BCUT2D eigenvalue weighted by molar-refractivity contribution is 0.606. The van der Waals surface area contributed by atoms with Crippen LogP contribution in [0.5, 0.6) is 0 Å². The first kappa shape index (κ1) is 16.8. The van der Waals surface area contributed by atoms with Gasteiger partial charge in [-0.2, -0.15) is 4.98 Å². The molecule has 22 heavy (non-hydrogen) atoms. The molecule has 6 heteroatoms. The van der Waals surface area contributed by atoms with Crippen LogP contribution in [0.2, 0.25) is 10.0 Å². The Morgan fingerprint density at radius 1 is 1.14 bits per heavy atom. The van der Waals surface area contributed by atoms with E-state index in [0.717, 1.165) is 18.7 Å². The summed E-state index contributed by atoms with van der Waals surface area (Å²) in [5.41, 5.74) is 1.52. The van der Waals surface area contributed by atoms with Crippen molar-refractivity contribution in [1.29, 1.82) is 0 Å². The Balaban J connectivity index is 2.16. The molecule has 2 N–H and O–H groups in total. The van der Waals surface area contributed by atoms with E-state index in [-0.39, 0.29) is 0 Å². The predicted molar refractivity (Wildman–Crippen MR) is 94.5 cm³/mol. The van der Waals surface area contributed by atoms with Crippen LogP contribution in [0.3, 0.4) is 0 Å². The van der Waals surface area contributed by atoms with Crippen molar-refractivity contribution < 1.29 is 0 Å². The molecule has 4 nitrogen and oxygen atoms in total. The number of benzene rings is 1. The van der Waals surface area contributed by atoms with Crippen LogP contribution in [0.15, 0.2) is 24.3 Å². The van der Waals surface area contributed by atoms with Gasteiger partial charge in [0.1, 0.15) is 5.82 Å². The maximum atomic E-state index is 6.17. The van der Waals surface area contributed by atoms with Crippen molar-refractivity contribution in [2.45, 2.75) is 27.2 Å². The number of hydrogen-bond acceptors (Lipinski definition) is 4. The second-order valence-corrected chi connectivity index (χ2v) is 6.36. The topological polar surface area (TPSA) is 49.8 Å². The molecule has 0 saturated carbocycles. The zero-order valence-corrected chi connectivity index (χ0v) is 14.5. The van der Waals surface area contributed by atoms with Crippen LogP contribution in [0.4, 0.5) is 17.5 Å². The maximum absolute atomic E-state index is 6.17. The smallest absolute Gasteiger partial charge is 0.224 e. The third-order valence-corrected chi connectivity index (χ3v) is 3.70. The summed E-state index contributed by atoms with van der Waals surface area (Å²) in [4.78, 5) is 8.85. The number of hydrogen-bond donors (Lipinski definition) is 2. The first-order chi connectivity index (χ1) is 10.5. The second-order valence-electron chi connectivity index (χ2n) is 5.55. The molecule has 1 aromatic carbocycles. The molecule has 0 amide bonds. The average molecular weight is 339 g/mol. The lowest BCUT2D eigenvalue weighted by Gasteiger charge is -2.12. The van der Waals surface area contributed by atoms with Gasteiger partial charge in [0.15, 0.2) is 0 Å². The van der Waals surface area contributed by atoms with Gasteiger partial charge in [-0.1, -0.05) is 43.1 Å². The first-order valence-electron chi connectivity index (χ1n) is 7.26. The molecule has 0 bridgehead atoms. The zero-order valence-electron chi connectivity index (χ0n) is 13.0. The van der Waals surface area contributed by atoms with Crippen LogP contribution in [0.1, 0.15) is 26.0 Å². The summed E-state index contributed by atoms with van der Waals surface area (Å²) in [6, 6.07) is 7.23. The Labute approximate surface area is 141 Å². The van der Waals surface area contributed by atoms with E-state index in [4.69, 9.17) is 23.2 Å². The van der Waals surface area contributed by atoms with Crippen LogP contribution in [0, 0.1) is 12.8 Å². The van der Waals surface area contributed by atoms with Gasteiger partial charge >= 0.3 is 0 Å². The molecule has 2 aromatic rings. The molecule has 0 atom stereocenters. The molecule has 0 unspecified atom stereocenters. The van der Waals surface area contributed by atoms with E-state index in [2.05, 4.69) is 34.4 Å². The fourth-order valence-electron chi connectivity index (χ4n) is 1.93. The number of anilines is 3. The van der Waals surface area contributed by atoms with Gasteiger partial charge in [0.05, 0.1) is 15.7 Å². The van der Waals surface area contributed by atoms with Crippen molar-refractivity contribution in [1.82, 2.24) is 9.97 Å². The first-order valence-corrected chi connectivity index (χ1v) is 8.02. The van der Waals surface area contributed by atoms with Gasteiger partial charge < -0.3 is 10.6 Å². The summed E-state index contributed by atoms with van der Waals surface area (Å²) < 4.78 is 0. The van der Waals surface area contributed by atoms with Crippen LogP contribution >= 0.6 is 23.2 Å². The highest BCUT2D eigenvalue weighted by Crippen LogP contribution is 2.32. The fraction of sp³-hybridized carbons (Fsp3) is 0.375. The van der Waals surface area contributed by atoms with E-state index >= 15 is 0 Å². The highest BCUT2D eigenvalue weighted by Gasteiger charge is 2.08. The SMILES string of the molecule is Cc1cc(Nc2c(Cl)cccc2Cl)nc(NCCC(C)C)n1. The van der Waals surface area contributed by atoms with Crippen molar-refractivity contribution in [2.24, 2.45) is 5.92 Å². The quantitative estimate of drug-likeness (QED) is 0.750. The summed E-state index contributed by atoms with van der Waals surface area (Å²) in [7, 11) is 0. The van der Waals surface area contributed by atoms with Crippen LogP contribution < -0.4 is 10.6 Å². The summed E-state index contributed by atoms with van der Waals surface area (Å²) in [5.74, 6) is 1.90. The maximum Gasteiger partial charge on any atom is 0.224 e. The molecule has 0 saturated heterocycles. The molecule has 0 aliphatic heterocycles. The van der Waals surface area contributed by atoms with E-state index in [1.807, 2.05) is 13.0 Å². The van der Waals surface area contributed by atoms with Crippen molar-refractivity contribution in [3.63, 3.8) is 0 Å². The summed E-state index contributed by atoms with van der Waals surface area (Å²) >= 11 is 12.3. The van der Waals surface area contributed by atoms with E-state index in [0.29, 0.717) is 33.4 Å². The Bertz CT molecular complexity index is 624. The van der Waals surface area contributed by atoms with Crippen LogP contribution in [-0.4, -0.2) is 16.5 Å². The fourth-order valence-corrected chi connectivity index (χ4v) is 2.42. The number of nitrogens with zero attached hydrogens (tertiary/aromatic N) is 2. The highest BCUT2D eigenvalue weighted by molar-refractivity contribution is 6.39. The van der Waals surface area contributed by atoms with Crippen molar-refractivity contribution in [2.75, 3.05) is 17.2 Å². The summed E-state index contributed by atoms with van der Waals surface area (Å²) in [6.07, 6.45) is 1.07. The molecule has 2 rings (SSSR count). The molecular weight excluding hydrogens is 319 g/mol.